The van der Waals surface area contributed by atoms with Gasteiger partial charge < -0.3 is 33.2 Å². The molecule has 0 aliphatic heterocycles. The molecule has 3 aromatic carbocycles. The molecule has 0 aliphatic carbocycles. The molecule has 3 aromatic rings. The smallest absolute Gasteiger partial charge is 0.466 e. The number of carbonyl (C=O) groups excluding carboxylic acids is 1. The number of benzene rings is 3. The van der Waals surface area contributed by atoms with E-state index in [1.165, 1.54) is 13.8 Å². The largest absolute Gasteiger partial charge is 0.490 e. The number of hydrogen-bond donors (Lipinski definition) is 1. The number of hydrogen-bond acceptors (Lipinski definition) is 10. The highest BCUT2D eigenvalue weighted by atomic mass is 32.2. The first-order valence-electron chi connectivity index (χ1n) is 16.8. The summed E-state index contributed by atoms with van der Waals surface area (Å²) in [6, 6.07) is 12.1. The van der Waals surface area contributed by atoms with Gasteiger partial charge in [-0.15, -0.1) is 0 Å². The molecule has 0 heterocycles. The van der Waals surface area contributed by atoms with E-state index in [1.54, 1.807) is 0 Å². The molecule has 0 spiro atoms. The third-order valence-electron chi connectivity index (χ3n) is 8.18. The van der Waals surface area contributed by atoms with Gasteiger partial charge in [-0.3, -0.25) is 4.55 Å². The second-order valence-corrected chi connectivity index (χ2v) is 16.3. The first kappa shape index (κ1) is 52.2. The van der Waals surface area contributed by atoms with Crippen molar-refractivity contribution in [2.24, 2.45) is 5.92 Å². The van der Waals surface area contributed by atoms with Gasteiger partial charge in [0.1, 0.15) is 37.3 Å². The molecule has 27 heteroatoms. The Morgan fingerprint density at radius 2 is 0.968 bits per heavy atom. The summed E-state index contributed by atoms with van der Waals surface area (Å²) in [6.45, 7) is -3.28. The van der Waals surface area contributed by atoms with E-state index >= 15 is 0 Å². The third-order valence-corrected chi connectivity index (χ3v) is 11.2. The minimum Gasteiger partial charge on any atom is -0.490 e. The molecule has 0 aromatic heterocycles. The van der Waals surface area contributed by atoms with Gasteiger partial charge >= 0.3 is 46.0 Å². The molecule has 62 heavy (non-hydrogen) atoms. The van der Waals surface area contributed by atoms with Crippen molar-refractivity contribution in [2.45, 2.75) is 76.0 Å². The van der Waals surface area contributed by atoms with Crippen molar-refractivity contribution in [3.8, 4) is 17.2 Å². The summed E-state index contributed by atoms with van der Waals surface area (Å²) in [4.78, 5) is 12.2. The van der Waals surface area contributed by atoms with E-state index < -0.39 is 118 Å². The maximum atomic E-state index is 14.2. The molecule has 11 nitrogen and oxygen atoms in total. The van der Waals surface area contributed by atoms with Crippen LogP contribution in [0.5, 0.6) is 17.2 Å². The lowest BCUT2D eigenvalue weighted by molar-refractivity contribution is -0.415. The van der Waals surface area contributed by atoms with Crippen LogP contribution in [-0.4, -0.2) is 101 Å². The SMILES string of the molecule is COCOC(COc1ccc([S+](c2ccc(OCC(OC(OC)C(C)C)(C(F)(F)F)C(F)(F)F)cc2)c2ccc(OC(=O)C(F)(F)S(=O)(=O)O)cc2)cc1)(C(F)(F)F)C(F)(F)F. The van der Waals surface area contributed by atoms with Gasteiger partial charge in [0, 0.05) is 20.1 Å². The number of methoxy groups -OCH3 is 2. The average molecular weight is 960 g/mol. The van der Waals surface area contributed by atoms with Crippen LogP contribution in [0.3, 0.4) is 0 Å². The highest BCUT2D eigenvalue weighted by molar-refractivity contribution is 7.97. The molecule has 3 rings (SSSR count). The Labute approximate surface area is 345 Å². The Morgan fingerprint density at radius 3 is 1.27 bits per heavy atom. The Balaban J connectivity index is 2.07. The van der Waals surface area contributed by atoms with E-state index in [0.29, 0.717) is 0 Å². The molecule has 0 amide bonds. The van der Waals surface area contributed by atoms with Crippen molar-refractivity contribution in [1.82, 2.24) is 0 Å². The number of halogens is 14. The highest BCUT2D eigenvalue weighted by Crippen LogP contribution is 2.49. The molecule has 0 saturated heterocycles. The number of ether oxygens (including phenoxy) is 7. The van der Waals surface area contributed by atoms with Gasteiger partial charge in [-0.1, -0.05) is 13.8 Å². The fourth-order valence-corrected chi connectivity index (χ4v) is 7.17. The Kier molecular flexibility index (Phi) is 16.2. The predicted octanol–water partition coefficient (Wildman–Crippen LogP) is 8.92. The zero-order chi connectivity index (χ0) is 47.3. The average Bonchev–Trinajstić information content (AvgIpc) is 3.14. The number of carbonyl (C=O) groups is 1. The Morgan fingerprint density at radius 1 is 0.613 bits per heavy atom. The van der Waals surface area contributed by atoms with Crippen LogP contribution in [0.25, 0.3) is 0 Å². The molecule has 2 atom stereocenters. The second kappa shape index (κ2) is 19.3. The lowest BCUT2D eigenvalue weighted by Crippen LogP contribution is -2.64. The third kappa shape index (κ3) is 11.5. The summed E-state index contributed by atoms with van der Waals surface area (Å²) >= 11 is 0. The number of alkyl halides is 14. The molecule has 0 bridgehead atoms. The lowest BCUT2D eigenvalue weighted by atomic mass is 10.0. The van der Waals surface area contributed by atoms with Crippen molar-refractivity contribution in [3.05, 3.63) is 72.8 Å². The molecular weight excluding hydrogens is 926 g/mol. The lowest BCUT2D eigenvalue weighted by Gasteiger charge is -2.39. The monoisotopic (exact) mass is 959 g/mol. The normalized spacial score (nSPS) is 14.7. The quantitative estimate of drug-likeness (QED) is 0.0308. The van der Waals surface area contributed by atoms with Crippen LogP contribution in [0.1, 0.15) is 13.8 Å². The van der Waals surface area contributed by atoms with Crippen LogP contribution in [0, 0.1) is 5.92 Å². The van der Waals surface area contributed by atoms with Crippen LogP contribution in [-0.2, 0) is 44.8 Å². The summed E-state index contributed by atoms with van der Waals surface area (Å²) in [7, 11) is -6.21. The summed E-state index contributed by atoms with van der Waals surface area (Å²) in [5.41, 5.74) is -9.75. The van der Waals surface area contributed by atoms with Crippen LogP contribution in [0.4, 0.5) is 61.5 Å². The predicted molar refractivity (Wildman–Crippen MR) is 184 cm³/mol. The minimum absolute atomic E-state index is 0.121. The van der Waals surface area contributed by atoms with Crippen molar-refractivity contribution in [2.75, 3.05) is 34.2 Å². The number of esters is 1. The zero-order valence-electron chi connectivity index (χ0n) is 31.8. The molecule has 1 N–H and O–H groups in total. The summed E-state index contributed by atoms with van der Waals surface area (Å²) in [5.74, 6) is -5.56. The van der Waals surface area contributed by atoms with Crippen molar-refractivity contribution in [3.63, 3.8) is 0 Å². The second-order valence-electron chi connectivity index (χ2n) is 12.8. The van der Waals surface area contributed by atoms with Gasteiger partial charge in [-0.05, 0) is 72.8 Å². The van der Waals surface area contributed by atoms with Gasteiger partial charge in [0.2, 0.25) is 0 Å². The minimum atomic E-state index is -6.27. The fraction of sp³-hybridized carbons (Fsp3) is 0.457. The number of rotatable bonds is 19. The van der Waals surface area contributed by atoms with Crippen molar-refractivity contribution in [1.29, 1.82) is 0 Å². The van der Waals surface area contributed by atoms with Crippen molar-refractivity contribution >= 4 is 27.0 Å². The van der Waals surface area contributed by atoms with E-state index in [9.17, 15) is 74.7 Å². The highest BCUT2D eigenvalue weighted by Gasteiger charge is 2.75. The van der Waals surface area contributed by atoms with Crippen LogP contribution >= 0.6 is 0 Å². The molecular formula is C35H33F14O11S2+. The maximum Gasteiger partial charge on any atom is 0.466 e. The first-order valence-corrected chi connectivity index (χ1v) is 19.4. The van der Waals surface area contributed by atoms with E-state index in [-0.39, 0.29) is 14.7 Å². The summed E-state index contributed by atoms with van der Waals surface area (Å²) in [6.07, 6.45) is -26.3. The molecule has 348 valence electrons. The van der Waals surface area contributed by atoms with Gasteiger partial charge in [0.05, 0.1) is 10.9 Å². The molecule has 0 aliphatic rings. The standard InChI is InChI=1S/C35H32F14O11S2/c1-20(2)27(55-4)60-30(34(44,45)46,35(47,48)49)18-57-22-7-13-25(14-8-22)61(26-15-9-23(10-16-26)59-28(50)31(36,37)62(51,52)53)24-11-5-21(6-12-24)56-17-29(32(38,39)40,33(41,42)43)58-19-54-3/h5-16,20,27H,17-19H2,1-4H3/p+1. The van der Waals surface area contributed by atoms with Crippen LogP contribution < -0.4 is 14.2 Å². The van der Waals surface area contributed by atoms with E-state index in [2.05, 4.69) is 23.7 Å². The Hall–Kier alpha value is -4.15. The zero-order valence-corrected chi connectivity index (χ0v) is 33.5. The van der Waals surface area contributed by atoms with Crippen LogP contribution in [0.2, 0.25) is 0 Å². The maximum absolute atomic E-state index is 14.2. The van der Waals surface area contributed by atoms with Gasteiger partial charge in [0.15, 0.2) is 21.0 Å². The molecule has 0 fully saturated rings. The van der Waals surface area contributed by atoms with Crippen molar-refractivity contribution < 1.29 is 112 Å². The van der Waals surface area contributed by atoms with Crippen LogP contribution in [0.15, 0.2) is 87.5 Å². The van der Waals surface area contributed by atoms with Gasteiger partial charge in [-0.25, -0.2) is 4.79 Å². The molecule has 0 saturated carbocycles. The fourth-order valence-electron chi connectivity index (χ4n) is 4.87. The summed E-state index contributed by atoms with van der Waals surface area (Å²) in [5, 5.41) is -5.40. The summed E-state index contributed by atoms with van der Waals surface area (Å²) < 4.78 is 257. The van der Waals surface area contributed by atoms with Gasteiger partial charge in [0.25, 0.3) is 11.2 Å². The van der Waals surface area contributed by atoms with E-state index in [1.807, 2.05) is 0 Å². The molecule has 0 radical (unpaired) electrons. The van der Waals surface area contributed by atoms with E-state index in [4.69, 9.17) is 14.0 Å². The van der Waals surface area contributed by atoms with Gasteiger partial charge in [-0.2, -0.15) is 69.9 Å². The van der Waals surface area contributed by atoms with E-state index in [0.717, 1.165) is 87.0 Å². The first-order chi connectivity index (χ1) is 28.3. The molecule has 2 unspecified atom stereocenters. The Bertz CT molecular complexity index is 2010. The topological polar surface area (TPSA) is 136 Å².